The molecule has 1 amide bonds. The molecule has 0 saturated carbocycles. The molecule has 0 aliphatic rings. The topological polar surface area (TPSA) is 67.4 Å². The highest BCUT2D eigenvalue weighted by Crippen LogP contribution is 2.34. The smallest absolute Gasteiger partial charge is 0.441 e. The summed E-state index contributed by atoms with van der Waals surface area (Å²) in [5, 5.41) is 2.88. The van der Waals surface area contributed by atoms with Gasteiger partial charge in [-0.1, -0.05) is 35.3 Å². The quantitative estimate of drug-likeness (QED) is 0.375. The van der Waals surface area contributed by atoms with E-state index in [1.165, 1.54) is 31.2 Å². The number of halogens is 6. The fourth-order valence-corrected chi connectivity index (χ4v) is 2.71. The molecule has 0 aliphatic heterocycles. The van der Waals surface area contributed by atoms with E-state index in [2.05, 4.69) is 4.74 Å². The third kappa shape index (κ3) is 4.91. The van der Waals surface area contributed by atoms with E-state index in [4.69, 9.17) is 23.2 Å². The van der Waals surface area contributed by atoms with Crippen molar-refractivity contribution in [2.45, 2.75) is 18.8 Å². The molecule has 2 N–H and O–H groups in total. The lowest BCUT2D eigenvalue weighted by Crippen LogP contribution is -2.69. The van der Waals surface area contributed by atoms with E-state index in [0.29, 0.717) is 0 Å². The van der Waals surface area contributed by atoms with Crippen molar-refractivity contribution in [3.8, 4) is 0 Å². The summed E-state index contributed by atoms with van der Waals surface area (Å²) in [6.07, 6.45) is -5.36. The first kappa shape index (κ1) is 22.8. The molecule has 11 heteroatoms. The number of nitrogens with one attached hydrogen (secondary N) is 2. The molecule has 1 unspecified atom stereocenters. The molecule has 2 aromatic rings. The van der Waals surface area contributed by atoms with E-state index in [1.54, 1.807) is 5.32 Å². The maximum atomic E-state index is 14.1. The van der Waals surface area contributed by atoms with Crippen LogP contribution in [0.15, 0.2) is 42.5 Å². The molecule has 0 fully saturated rings. The van der Waals surface area contributed by atoms with E-state index < -0.39 is 41.2 Å². The Morgan fingerprint density at radius 3 is 2.28 bits per heavy atom. The Balaban J connectivity index is 2.55. The first-order chi connectivity index (χ1) is 13.5. The highest BCUT2D eigenvalue weighted by Gasteiger charge is 2.63. The standard InChI is InChI=1S/C18H14Cl2F4N2O3/c1-2-29-16(28)17(18(22,23)24,25-10-7-8-14(21)13(20)9-10)26-15(27)11-5-3-4-6-12(11)19/h3-9,25H,2H2,1H3,(H,26,27). The summed E-state index contributed by atoms with van der Waals surface area (Å²) < 4.78 is 60.1. The van der Waals surface area contributed by atoms with Crippen molar-refractivity contribution in [2.24, 2.45) is 0 Å². The second-order valence-corrected chi connectivity index (χ2v) is 6.47. The Kier molecular flexibility index (Phi) is 6.97. The van der Waals surface area contributed by atoms with Crippen LogP contribution in [0.1, 0.15) is 17.3 Å². The van der Waals surface area contributed by atoms with Crippen molar-refractivity contribution < 1.29 is 31.9 Å². The van der Waals surface area contributed by atoms with Crippen molar-refractivity contribution in [1.29, 1.82) is 0 Å². The van der Waals surface area contributed by atoms with Gasteiger partial charge in [-0.3, -0.25) is 4.79 Å². The van der Waals surface area contributed by atoms with Crippen LogP contribution in [-0.2, 0) is 9.53 Å². The minimum absolute atomic E-state index is 0.130. The van der Waals surface area contributed by atoms with E-state index in [-0.39, 0.29) is 16.3 Å². The van der Waals surface area contributed by atoms with Crippen LogP contribution in [0.2, 0.25) is 10.0 Å². The van der Waals surface area contributed by atoms with Crippen LogP contribution in [0.5, 0.6) is 0 Å². The van der Waals surface area contributed by atoms with E-state index in [0.717, 1.165) is 18.2 Å². The van der Waals surface area contributed by atoms with Gasteiger partial charge in [0.25, 0.3) is 5.91 Å². The van der Waals surface area contributed by atoms with Gasteiger partial charge in [-0.15, -0.1) is 0 Å². The SMILES string of the molecule is CCOC(=O)C(NC(=O)c1ccccc1Cl)(Nc1ccc(F)c(Cl)c1)C(F)(F)F. The molecule has 0 saturated heterocycles. The van der Waals surface area contributed by atoms with E-state index >= 15 is 0 Å². The number of carbonyl (C=O) groups is 2. The summed E-state index contributed by atoms with van der Waals surface area (Å²) in [6.45, 7) is 0.897. The van der Waals surface area contributed by atoms with Gasteiger partial charge in [0.2, 0.25) is 0 Å². The molecule has 156 valence electrons. The minimum atomic E-state index is -5.36. The normalized spacial score (nSPS) is 13.3. The highest BCUT2D eigenvalue weighted by molar-refractivity contribution is 6.34. The second kappa shape index (κ2) is 8.87. The lowest BCUT2D eigenvalue weighted by molar-refractivity contribution is -0.204. The monoisotopic (exact) mass is 452 g/mol. The van der Waals surface area contributed by atoms with Crippen LogP contribution in [0.4, 0.5) is 23.2 Å². The van der Waals surface area contributed by atoms with E-state index in [9.17, 15) is 27.2 Å². The predicted octanol–water partition coefficient (Wildman–Crippen LogP) is 4.80. The van der Waals surface area contributed by atoms with Crippen LogP contribution < -0.4 is 10.6 Å². The van der Waals surface area contributed by atoms with Gasteiger partial charge >= 0.3 is 17.8 Å². The third-order valence-corrected chi connectivity index (χ3v) is 4.30. The minimum Gasteiger partial charge on any atom is -0.463 e. The number of hydrogen-bond acceptors (Lipinski definition) is 4. The molecule has 0 spiro atoms. The molecule has 29 heavy (non-hydrogen) atoms. The third-order valence-electron chi connectivity index (χ3n) is 3.68. The fourth-order valence-electron chi connectivity index (χ4n) is 2.30. The Hall–Kier alpha value is -2.52. The molecule has 5 nitrogen and oxygen atoms in total. The second-order valence-electron chi connectivity index (χ2n) is 5.66. The van der Waals surface area contributed by atoms with Gasteiger partial charge in [-0.2, -0.15) is 13.2 Å². The molecule has 0 aliphatic carbocycles. The summed E-state index contributed by atoms with van der Waals surface area (Å²) >= 11 is 11.5. The van der Waals surface area contributed by atoms with E-state index in [1.807, 2.05) is 5.32 Å². The maximum Gasteiger partial charge on any atom is 0.441 e. The number of rotatable bonds is 6. The van der Waals surface area contributed by atoms with Gasteiger partial charge in [-0.25, -0.2) is 9.18 Å². The Bertz CT molecular complexity index is 924. The van der Waals surface area contributed by atoms with Gasteiger partial charge in [0.1, 0.15) is 5.82 Å². The molecule has 0 bridgehead atoms. The average molecular weight is 453 g/mol. The number of anilines is 1. The molecule has 1 atom stereocenters. The number of benzene rings is 2. The fraction of sp³-hybridized carbons (Fsp3) is 0.222. The van der Waals surface area contributed by atoms with Crippen LogP contribution in [0, 0.1) is 5.82 Å². The summed E-state index contributed by atoms with van der Waals surface area (Å²) in [4.78, 5) is 24.9. The molecule has 2 aromatic carbocycles. The number of ether oxygens (including phenoxy) is 1. The lowest BCUT2D eigenvalue weighted by atomic mass is 10.1. The zero-order valence-electron chi connectivity index (χ0n) is 14.7. The predicted molar refractivity (Wildman–Crippen MR) is 99.4 cm³/mol. The molecular formula is C18H14Cl2F4N2O3. The number of carbonyl (C=O) groups excluding carboxylic acids is 2. The summed E-state index contributed by atoms with van der Waals surface area (Å²) in [6, 6.07) is 7.88. The van der Waals surface area contributed by atoms with Crippen LogP contribution in [0.25, 0.3) is 0 Å². The van der Waals surface area contributed by atoms with Crippen LogP contribution in [0.3, 0.4) is 0 Å². The Morgan fingerprint density at radius 1 is 1.07 bits per heavy atom. The molecular weight excluding hydrogens is 439 g/mol. The number of alkyl halides is 3. The first-order valence-corrected chi connectivity index (χ1v) is 8.81. The maximum absolute atomic E-state index is 14.1. The largest absolute Gasteiger partial charge is 0.463 e. The van der Waals surface area contributed by atoms with Gasteiger partial charge in [0.05, 0.1) is 22.2 Å². The first-order valence-electron chi connectivity index (χ1n) is 8.06. The Morgan fingerprint density at radius 2 is 1.72 bits per heavy atom. The van der Waals surface area contributed by atoms with Crippen molar-refractivity contribution in [3.05, 3.63) is 63.9 Å². The van der Waals surface area contributed by atoms with Crippen molar-refractivity contribution in [3.63, 3.8) is 0 Å². The Labute approximate surface area is 172 Å². The van der Waals surface area contributed by atoms with Gasteiger partial charge in [0, 0.05) is 5.69 Å². The van der Waals surface area contributed by atoms with Crippen molar-refractivity contribution in [1.82, 2.24) is 5.32 Å². The number of amides is 1. The van der Waals surface area contributed by atoms with Crippen molar-refractivity contribution in [2.75, 3.05) is 11.9 Å². The lowest BCUT2D eigenvalue weighted by Gasteiger charge is -2.35. The number of esters is 1. The number of hydrogen-bond donors (Lipinski definition) is 2. The molecule has 2 rings (SSSR count). The van der Waals surface area contributed by atoms with Crippen LogP contribution in [-0.4, -0.2) is 30.3 Å². The van der Waals surface area contributed by atoms with Gasteiger partial charge in [0.15, 0.2) is 0 Å². The van der Waals surface area contributed by atoms with Gasteiger partial charge < -0.3 is 15.4 Å². The molecule has 0 radical (unpaired) electrons. The zero-order chi connectivity index (χ0) is 21.8. The molecule has 0 aromatic heterocycles. The van der Waals surface area contributed by atoms with Gasteiger partial charge in [-0.05, 0) is 37.3 Å². The van der Waals surface area contributed by atoms with Crippen LogP contribution >= 0.6 is 23.2 Å². The highest BCUT2D eigenvalue weighted by atomic mass is 35.5. The molecule has 0 heterocycles. The van der Waals surface area contributed by atoms with Crippen molar-refractivity contribution >= 4 is 40.8 Å². The summed E-state index contributed by atoms with van der Waals surface area (Å²) in [7, 11) is 0. The summed E-state index contributed by atoms with van der Waals surface area (Å²) in [5.41, 5.74) is -4.38. The summed E-state index contributed by atoms with van der Waals surface area (Å²) in [5.74, 6) is -4.00. The zero-order valence-corrected chi connectivity index (χ0v) is 16.3. The average Bonchev–Trinajstić information content (AvgIpc) is 2.63.